The van der Waals surface area contributed by atoms with Crippen molar-refractivity contribution in [3.8, 4) is 0 Å². The van der Waals surface area contributed by atoms with E-state index in [4.69, 9.17) is 4.74 Å². The minimum Gasteiger partial charge on any atom is -0.367 e. The summed E-state index contributed by atoms with van der Waals surface area (Å²) in [4.78, 5) is 0. The van der Waals surface area contributed by atoms with Gasteiger partial charge in [-0.3, -0.25) is 0 Å². The van der Waals surface area contributed by atoms with Gasteiger partial charge in [-0.2, -0.15) is 0 Å². The Labute approximate surface area is 133 Å². The first-order valence-corrected chi connectivity index (χ1v) is 9.73. The first kappa shape index (κ1) is 19.0. The first-order valence-electron chi connectivity index (χ1n) is 9.73. The van der Waals surface area contributed by atoms with Crippen molar-refractivity contribution < 1.29 is 9.22 Å². The van der Waals surface area contributed by atoms with Crippen LogP contribution < -0.4 is 0 Å². The van der Waals surface area contributed by atoms with E-state index >= 15 is 0 Å². The van der Waals surface area contributed by atoms with Gasteiger partial charge in [0.1, 0.15) is 12.6 Å². The van der Waals surface area contributed by atoms with Crippen molar-refractivity contribution in [1.82, 2.24) is 0 Å². The molecule has 0 saturated carbocycles. The molecule has 0 N–H and O–H groups in total. The van der Waals surface area contributed by atoms with Gasteiger partial charge >= 0.3 is 0 Å². The predicted molar refractivity (Wildman–Crippen MR) is 92.7 cm³/mol. The Balaban J connectivity index is 1.96. The molecule has 2 heteroatoms. The van der Waals surface area contributed by atoms with Crippen LogP contribution in [0, 0.1) is 0 Å². The summed E-state index contributed by atoms with van der Waals surface area (Å²) in [5.41, 5.74) is 0. The lowest BCUT2D eigenvalue weighted by molar-refractivity contribution is -0.925. The van der Waals surface area contributed by atoms with Crippen molar-refractivity contribution in [3.63, 3.8) is 0 Å². The molecule has 0 amide bonds. The maximum absolute atomic E-state index is 5.45. The monoisotopic (exact) mass is 298 g/mol. The van der Waals surface area contributed by atoms with Crippen LogP contribution in [-0.4, -0.2) is 43.4 Å². The molecule has 0 bridgehead atoms. The Kier molecular flexibility index (Phi) is 10.4. The van der Waals surface area contributed by atoms with E-state index in [1.807, 2.05) is 0 Å². The summed E-state index contributed by atoms with van der Waals surface area (Å²) in [6.07, 6.45) is 14.9. The van der Waals surface area contributed by atoms with Crippen LogP contribution in [0.3, 0.4) is 0 Å². The highest BCUT2D eigenvalue weighted by Gasteiger charge is 2.34. The maximum Gasteiger partial charge on any atom is 0.130 e. The molecule has 0 aromatic rings. The van der Waals surface area contributed by atoms with E-state index in [0.29, 0.717) is 6.10 Å². The molecule has 1 aliphatic heterocycles. The van der Waals surface area contributed by atoms with Gasteiger partial charge in [0.05, 0.1) is 26.2 Å². The minimum atomic E-state index is 0.577. The topological polar surface area (TPSA) is 12.5 Å². The summed E-state index contributed by atoms with van der Waals surface area (Å²) in [6, 6.07) is 0. The highest BCUT2D eigenvalue weighted by molar-refractivity contribution is 4.68. The molecule has 1 rings (SSSR count). The number of ether oxygens (including phenoxy) is 1. The molecule has 1 aliphatic rings. The molecule has 126 valence electrons. The molecule has 1 saturated heterocycles. The van der Waals surface area contributed by atoms with Gasteiger partial charge in [0.15, 0.2) is 0 Å². The van der Waals surface area contributed by atoms with Gasteiger partial charge in [-0.1, -0.05) is 58.3 Å². The number of epoxide rings is 1. The summed E-state index contributed by atoms with van der Waals surface area (Å²) in [7, 11) is 0. The van der Waals surface area contributed by atoms with E-state index in [-0.39, 0.29) is 0 Å². The molecule has 0 aliphatic carbocycles. The molecule has 0 radical (unpaired) electrons. The van der Waals surface area contributed by atoms with Crippen LogP contribution in [0.2, 0.25) is 0 Å². The van der Waals surface area contributed by atoms with Crippen LogP contribution in [0.1, 0.15) is 85.0 Å². The molecule has 2 nitrogen and oxygen atoms in total. The molecule has 1 unspecified atom stereocenters. The molecular weight excluding hydrogens is 258 g/mol. The quantitative estimate of drug-likeness (QED) is 0.231. The average molecular weight is 299 g/mol. The average Bonchev–Trinajstić information content (AvgIpc) is 3.32. The van der Waals surface area contributed by atoms with Crippen molar-refractivity contribution in [3.05, 3.63) is 0 Å². The normalized spacial score (nSPS) is 18.1. The minimum absolute atomic E-state index is 0.577. The third-order valence-corrected chi connectivity index (χ3v) is 5.32. The zero-order chi connectivity index (χ0) is 15.4. The smallest absolute Gasteiger partial charge is 0.130 e. The second kappa shape index (κ2) is 11.5. The van der Waals surface area contributed by atoms with Crippen molar-refractivity contribution in [1.29, 1.82) is 0 Å². The van der Waals surface area contributed by atoms with Crippen molar-refractivity contribution in [2.75, 3.05) is 32.8 Å². The summed E-state index contributed by atoms with van der Waals surface area (Å²) < 4.78 is 6.73. The third kappa shape index (κ3) is 8.83. The summed E-state index contributed by atoms with van der Waals surface area (Å²) in [5, 5.41) is 0. The second-order valence-corrected chi connectivity index (χ2v) is 7.02. The largest absolute Gasteiger partial charge is 0.367 e. The lowest BCUT2D eigenvalue weighted by Gasteiger charge is -2.36. The number of hydrogen-bond donors (Lipinski definition) is 0. The Morgan fingerprint density at radius 1 is 0.762 bits per heavy atom. The fraction of sp³-hybridized carbons (Fsp3) is 1.00. The molecule has 1 atom stereocenters. The highest BCUT2D eigenvalue weighted by atomic mass is 16.6. The Bertz CT molecular complexity index is 234. The molecule has 1 heterocycles. The van der Waals surface area contributed by atoms with E-state index in [1.54, 1.807) is 0 Å². The molecule has 0 aromatic heterocycles. The first-order chi connectivity index (χ1) is 10.3. The number of hydrogen-bond acceptors (Lipinski definition) is 1. The van der Waals surface area contributed by atoms with Gasteiger partial charge in [-0.05, 0) is 26.7 Å². The number of unbranched alkanes of at least 4 members (excludes halogenated alkanes) is 9. The summed E-state index contributed by atoms with van der Waals surface area (Å²) >= 11 is 0. The lowest BCUT2D eigenvalue weighted by atomic mass is 10.1. The van der Waals surface area contributed by atoms with Crippen LogP contribution in [0.25, 0.3) is 0 Å². The van der Waals surface area contributed by atoms with Gasteiger partial charge in [-0.25, -0.2) is 0 Å². The molecule has 0 aromatic carbocycles. The van der Waals surface area contributed by atoms with Crippen LogP contribution in [0.5, 0.6) is 0 Å². The van der Waals surface area contributed by atoms with Gasteiger partial charge < -0.3 is 9.22 Å². The van der Waals surface area contributed by atoms with E-state index in [9.17, 15) is 0 Å². The van der Waals surface area contributed by atoms with Crippen LogP contribution in [-0.2, 0) is 4.74 Å². The summed E-state index contributed by atoms with van der Waals surface area (Å²) in [6.45, 7) is 13.2. The number of likely N-dealkylation sites (N-methyl/N-ethyl adjacent to an activating group) is 1. The SMILES string of the molecule is CCCCCCCCCCCC[N+](CC)(CC)CC1CO1. The number of rotatable bonds is 15. The van der Waals surface area contributed by atoms with E-state index in [1.165, 1.54) is 94.9 Å². The van der Waals surface area contributed by atoms with Gasteiger partial charge in [-0.15, -0.1) is 0 Å². The zero-order valence-corrected chi connectivity index (χ0v) is 15.0. The Hall–Kier alpha value is -0.0800. The van der Waals surface area contributed by atoms with E-state index in [2.05, 4.69) is 20.8 Å². The lowest BCUT2D eigenvalue weighted by Crippen LogP contribution is -2.50. The summed E-state index contributed by atoms with van der Waals surface area (Å²) in [5.74, 6) is 0. The highest BCUT2D eigenvalue weighted by Crippen LogP contribution is 2.19. The molecule has 1 fully saturated rings. The third-order valence-electron chi connectivity index (χ3n) is 5.32. The zero-order valence-electron chi connectivity index (χ0n) is 15.0. The van der Waals surface area contributed by atoms with Crippen molar-refractivity contribution in [2.24, 2.45) is 0 Å². The number of nitrogens with zero attached hydrogens (tertiary/aromatic N) is 1. The molecule has 0 spiro atoms. The van der Waals surface area contributed by atoms with Crippen LogP contribution in [0.4, 0.5) is 0 Å². The van der Waals surface area contributed by atoms with E-state index < -0.39 is 0 Å². The second-order valence-electron chi connectivity index (χ2n) is 7.02. The Morgan fingerprint density at radius 2 is 1.24 bits per heavy atom. The molecule has 21 heavy (non-hydrogen) atoms. The maximum atomic E-state index is 5.45. The van der Waals surface area contributed by atoms with Crippen molar-refractivity contribution in [2.45, 2.75) is 91.1 Å². The van der Waals surface area contributed by atoms with Gasteiger partial charge in [0, 0.05) is 0 Å². The van der Waals surface area contributed by atoms with Gasteiger partial charge in [0.25, 0.3) is 0 Å². The predicted octanol–water partition coefficient (Wildman–Crippen LogP) is 5.16. The van der Waals surface area contributed by atoms with Crippen molar-refractivity contribution >= 4 is 0 Å². The fourth-order valence-electron chi connectivity index (χ4n) is 3.43. The standard InChI is InChI=1S/C19H40NO/c1-4-7-8-9-10-11-12-13-14-15-16-20(5-2,6-3)17-19-18-21-19/h19H,4-18H2,1-3H3/q+1. The van der Waals surface area contributed by atoms with Crippen LogP contribution in [0.15, 0.2) is 0 Å². The fourth-order valence-corrected chi connectivity index (χ4v) is 3.43. The van der Waals surface area contributed by atoms with Gasteiger partial charge in [0.2, 0.25) is 0 Å². The number of quaternary nitrogens is 1. The Morgan fingerprint density at radius 3 is 1.67 bits per heavy atom. The molecular formula is C19H40NO+. The van der Waals surface area contributed by atoms with Crippen LogP contribution >= 0.6 is 0 Å². The van der Waals surface area contributed by atoms with E-state index in [0.717, 1.165) is 6.61 Å².